The van der Waals surface area contributed by atoms with Gasteiger partial charge in [-0.05, 0) is 33.9 Å². The first-order chi connectivity index (χ1) is 8.67. The molecule has 0 radical (unpaired) electrons. The van der Waals surface area contributed by atoms with Gasteiger partial charge in [-0.1, -0.05) is 21.3 Å². The SMILES string of the molecule is C.CCN(CC)CC[N+](CC)(CC)CC.CS(=O)(=O)[O-]. The van der Waals surface area contributed by atoms with Crippen LogP contribution >= 0.6 is 0 Å². The Morgan fingerprint density at radius 2 is 1.25 bits per heavy atom. The van der Waals surface area contributed by atoms with Gasteiger partial charge in [-0.15, -0.1) is 0 Å². The van der Waals surface area contributed by atoms with E-state index in [9.17, 15) is 0 Å². The highest BCUT2D eigenvalue weighted by atomic mass is 32.2. The number of nitrogens with zero attached hydrogens (tertiary/aromatic N) is 2. The fraction of sp³-hybridized carbons (Fsp3) is 1.00. The van der Waals surface area contributed by atoms with Gasteiger partial charge in [-0.25, -0.2) is 8.42 Å². The van der Waals surface area contributed by atoms with Crippen LogP contribution in [0.15, 0.2) is 0 Å². The Kier molecular flexibility index (Phi) is 15.6. The van der Waals surface area contributed by atoms with Crippen LogP contribution < -0.4 is 0 Å². The number of likely N-dealkylation sites (N-methyl/N-ethyl adjacent to an activating group) is 2. The lowest BCUT2D eigenvalue weighted by Gasteiger charge is -2.37. The molecule has 0 atom stereocenters. The van der Waals surface area contributed by atoms with E-state index in [1.54, 1.807) is 0 Å². The molecule has 6 heteroatoms. The van der Waals surface area contributed by atoms with Gasteiger partial charge < -0.3 is 9.04 Å². The third kappa shape index (κ3) is 14.2. The smallest absolute Gasteiger partial charge is 0.0916 e. The normalized spacial score (nSPS) is 11.6. The molecule has 0 aliphatic rings. The third-order valence-electron chi connectivity index (χ3n) is 3.80. The van der Waals surface area contributed by atoms with Crippen molar-refractivity contribution in [2.75, 3.05) is 52.1 Å². The third-order valence-corrected chi connectivity index (χ3v) is 3.80. The fourth-order valence-corrected chi connectivity index (χ4v) is 2.04. The Morgan fingerprint density at radius 3 is 1.45 bits per heavy atom. The minimum Gasteiger partial charge on any atom is -0.748 e. The van der Waals surface area contributed by atoms with Crippen LogP contribution in [-0.4, -0.2) is 74.4 Å². The topological polar surface area (TPSA) is 60.4 Å². The Bertz CT molecular complexity index is 281. The maximum Gasteiger partial charge on any atom is 0.0916 e. The highest BCUT2D eigenvalue weighted by molar-refractivity contribution is 7.84. The lowest BCUT2D eigenvalue weighted by Crippen LogP contribution is -2.51. The monoisotopic (exact) mass is 312 g/mol. The minimum absolute atomic E-state index is 0. The van der Waals surface area contributed by atoms with Crippen LogP contribution in [0.4, 0.5) is 0 Å². The highest BCUT2D eigenvalue weighted by Crippen LogP contribution is 2.05. The molecule has 0 aliphatic carbocycles. The molecule has 0 fully saturated rings. The molecule has 0 heterocycles. The first-order valence-corrected chi connectivity index (χ1v) is 8.97. The molecular weight excluding hydrogens is 276 g/mol. The van der Waals surface area contributed by atoms with Gasteiger partial charge in [0.1, 0.15) is 0 Å². The van der Waals surface area contributed by atoms with E-state index in [0.29, 0.717) is 6.26 Å². The van der Waals surface area contributed by atoms with E-state index in [-0.39, 0.29) is 7.43 Å². The van der Waals surface area contributed by atoms with Crippen LogP contribution in [-0.2, 0) is 10.1 Å². The predicted octanol–water partition coefficient (Wildman–Crippen LogP) is 2.00. The van der Waals surface area contributed by atoms with E-state index >= 15 is 0 Å². The summed E-state index contributed by atoms with van der Waals surface area (Å²) in [5.41, 5.74) is 0. The summed E-state index contributed by atoms with van der Waals surface area (Å²) in [7, 11) is -3.92. The van der Waals surface area contributed by atoms with Crippen molar-refractivity contribution in [3.63, 3.8) is 0 Å². The summed E-state index contributed by atoms with van der Waals surface area (Å²) >= 11 is 0. The van der Waals surface area contributed by atoms with Crippen molar-refractivity contribution >= 4 is 10.1 Å². The van der Waals surface area contributed by atoms with E-state index in [0.717, 1.165) is 0 Å². The van der Waals surface area contributed by atoms with E-state index in [1.165, 1.54) is 50.3 Å². The van der Waals surface area contributed by atoms with Gasteiger partial charge in [0, 0.05) is 12.8 Å². The molecule has 5 nitrogen and oxygen atoms in total. The average molecular weight is 313 g/mol. The molecule has 126 valence electrons. The standard InChI is InChI=1S/C12H29N2.CH4O3S.CH4/c1-6-13(7-2)11-12-14(8-3,9-4)10-5;1-5(2,3)4;/h6-12H2,1-5H3;1H3,(H,2,3,4);1H4/q+1;;/p-1. The number of quaternary nitrogens is 1. The van der Waals surface area contributed by atoms with Crippen LogP contribution in [0.2, 0.25) is 0 Å². The summed E-state index contributed by atoms with van der Waals surface area (Å²) in [6.45, 7) is 20.2. The van der Waals surface area contributed by atoms with Crippen molar-refractivity contribution in [1.82, 2.24) is 4.90 Å². The van der Waals surface area contributed by atoms with E-state index in [4.69, 9.17) is 13.0 Å². The van der Waals surface area contributed by atoms with Crippen LogP contribution in [0.3, 0.4) is 0 Å². The van der Waals surface area contributed by atoms with Gasteiger partial charge in [-0.2, -0.15) is 0 Å². The molecule has 0 saturated carbocycles. The van der Waals surface area contributed by atoms with Gasteiger partial charge in [0.15, 0.2) is 0 Å². The molecule has 0 spiro atoms. The van der Waals surface area contributed by atoms with Gasteiger partial charge in [-0.3, -0.25) is 4.90 Å². The summed E-state index contributed by atoms with van der Waals surface area (Å²) < 4.78 is 28.5. The molecule has 0 N–H and O–H groups in total. The van der Waals surface area contributed by atoms with Crippen molar-refractivity contribution < 1.29 is 17.5 Å². The lowest BCUT2D eigenvalue weighted by molar-refractivity contribution is -0.922. The Balaban J connectivity index is -0.000000414. The van der Waals surface area contributed by atoms with Gasteiger partial charge in [0.2, 0.25) is 0 Å². The lowest BCUT2D eigenvalue weighted by atomic mass is 10.3. The molecule has 20 heavy (non-hydrogen) atoms. The maximum absolute atomic E-state index is 9.08. The molecular formula is C14H36N2O3S. The van der Waals surface area contributed by atoms with Crippen LogP contribution in [0, 0.1) is 0 Å². The molecule has 0 saturated heterocycles. The van der Waals surface area contributed by atoms with Crippen molar-refractivity contribution in [3.05, 3.63) is 0 Å². The van der Waals surface area contributed by atoms with Gasteiger partial charge in [0.25, 0.3) is 0 Å². The molecule has 0 aliphatic heterocycles. The summed E-state index contributed by atoms with van der Waals surface area (Å²) in [5, 5.41) is 0. The summed E-state index contributed by atoms with van der Waals surface area (Å²) in [6.07, 6.45) is 0.604. The molecule has 0 unspecified atom stereocenters. The molecule has 0 aromatic carbocycles. The Hall–Kier alpha value is -0.170. The molecule has 0 aromatic rings. The largest absolute Gasteiger partial charge is 0.748 e. The number of rotatable bonds is 8. The zero-order valence-electron chi connectivity index (χ0n) is 13.5. The second kappa shape index (κ2) is 12.6. The summed E-state index contributed by atoms with van der Waals surface area (Å²) in [6, 6.07) is 0. The second-order valence-electron chi connectivity index (χ2n) is 4.74. The van der Waals surface area contributed by atoms with Crippen molar-refractivity contribution in [2.45, 2.75) is 42.0 Å². The summed E-state index contributed by atoms with van der Waals surface area (Å²) in [4.78, 5) is 2.52. The van der Waals surface area contributed by atoms with E-state index in [2.05, 4.69) is 39.5 Å². The first-order valence-electron chi connectivity index (χ1n) is 7.16. The maximum atomic E-state index is 9.08. The first kappa shape index (κ1) is 24.8. The minimum atomic E-state index is -3.92. The highest BCUT2D eigenvalue weighted by Gasteiger charge is 2.20. The van der Waals surface area contributed by atoms with Crippen molar-refractivity contribution in [2.24, 2.45) is 0 Å². The average Bonchev–Trinajstić information content (AvgIpc) is 2.34. The van der Waals surface area contributed by atoms with Crippen molar-refractivity contribution in [1.29, 1.82) is 0 Å². The quantitative estimate of drug-likeness (QED) is 0.508. The second-order valence-corrected chi connectivity index (χ2v) is 6.15. The Labute approximate surface area is 127 Å². The van der Waals surface area contributed by atoms with Gasteiger partial charge in [0.05, 0.1) is 36.3 Å². The van der Waals surface area contributed by atoms with E-state index in [1.807, 2.05) is 0 Å². The predicted molar refractivity (Wildman–Crippen MR) is 86.9 cm³/mol. The number of hydrogen-bond acceptors (Lipinski definition) is 4. The van der Waals surface area contributed by atoms with Crippen LogP contribution in [0.5, 0.6) is 0 Å². The zero-order chi connectivity index (χ0) is 15.5. The summed E-state index contributed by atoms with van der Waals surface area (Å²) in [5.74, 6) is 0. The van der Waals surface area contributed by atoms with Crippen LogP contribution in [0.1, 0.15) is 42.0 Å². The molecule has 0 rings (SSSR count). The molecule has 0 aromatic heterocycles. The zero-order valence-corrected chi connectivity index (χ0v) is 14.3. The molecule has 0 amide bonds. The van der Waals surface area contributed by atoms with Crippen LogP contribution in [0.25, 0.3) is 0 Å². The van der Waals surface area contributed by atoms with E-state index < -0.39 is 10.1 Å². The number of hydrogen-bond donors (Lipinski definition) is 0. The van der Waals surface area contributed by atoms with Crippen molar-refractivity contribution in [3.8, 4) is 0 Å². The molecule has 0 bridgehead atoms. The fourth-order valence-electron chi connectivity index (χ4n) is 2.04. The van der Waals surface area contributed by atoms with Gasteiger partial charge >= 0.3 is 0 Å². The Morgan fingerprint density at radius 1 is 0.950 bits per heavy atom.